The molecular formula is C16HF29O4. The van der Waals surface area contributed by atoms with Crippen LogP contribution in [0.1, 0.15) is 0 Å². The lowest BCUT2D eigenvalue weighted by Crippen LogP contribution is -2.77. The van der Waals surface area contributed by atoms with Crippen molar-refractivity contribution in [1.29, 1.82) is 0 Å². The van der Waals surface area contributed by atoms with E-state index in [-0.39, 0.29) is 0 Å². The summed E-state index contributed by atoms with van der Waals surface area (Å²) in [5.41, 5.74) is 0. The molecule has 0 aliphatic rings. The summed E-state index contributed by atoms with van der Waals surface area (Å²) in [7, 11) is 0. The van der Waals surface area contributed by atoms with Crippen LogP contribution in [0, 0.1) is 0 Å². The van der Waals surface area contributed by atoms with Gasteiger partial charge in [-0.05, 0) is 0 Å². The van der Waals surface area contributed by atoms with Crippen molar-refractivity contribution in [3.63, 3.8) is 0 Å². The number of carbonyl (C=O) groups is 1. The number of carboxylic acids is 1. The average Bonchev–Trinajstić information content (AvgIpc) is 2.85. The first-order chi connectivity index (χ1) is 20.7. The summed E-state index contributed by atoms with van der Waals surface area (Å²) in [5, 5.41) is 7.75. The van der Waals surface area contributed by atoms with Crippen molar-refractivity contribution < 1.29 is 147 Å². The monoisotopic (exact) mass is 808 g/mol. The van der Waals surface area contributed by atoms with Crippen LogP contribution in [0.3, 0.4) is 0 Å². The molecule has 0 bridgehead atoms. The molecule has 0 saturated heterocycles. The minimum absolute atomic E-state index is 1.40. The van der Waals surface area contributed by atoms with Crippen LogP contribution in [0.5, 0.6) is 0 Å². The van der Waals surface area contributed by atoms with Gasteiger partial charge in [-0.1, -0.05) is 0 Å². The second kappa shape index (κ2) is 11.7. The van der Waals surface area contributed by atoms with Crippen LogP contribution in [0.25, 0.3) is 0 Å². The molecule has 0 saturated carbocycles. The second-order valence-electron chi connectivity index (χ2n) is 8.33. The number of hydrogen-bond acceptors (Lipinski definition) is 3. The van der Waals surface area contributed by atoms with Gasteiger partial charge in [0.25, 0.3) is 0 Å². The fourth-order valence-corrected chi connectivity index (χ4v) is 2.30. The van der Waals surface area contributed by atoms with Gasteiger partial charge in [0.1, 0.15) is 0 Å². The van der Waals surface area contributed by atoms with Crippen molar-refractivity contribution in [3.8, 4) is 0 Å². The lowest BCUT2D eigenvalue weighted by atomic mass is 9.86. The van der Waals surface area contributed by atoms with Gasteiger partial charge in [-0.15, -0.1) is 0 Å². The molecule has 0 radical (unpaired) electrons. The molecule has 292 valence electrons. The molecule has 0 aliphatic carbocycles. The predicted molar refractivity (Wildman–Crippen MR) is 84.5 cm³/mol. The maximum Gasteiger partial charge on any atom is 0.478 e. The van der Waals surface area contributed by atoms with Gasteiger partial charge in [0.2, 0.25) is 0 Å². The Morgan fingerprint density at radius 1 is 0.347 bits per heavy atom. The highest BCUT2D eigenvalue weighted by Crippen LogP contribution is 2.67. The number of carboxylic acid groups (broad SMARTS) is 1. The highest BCUT2D eigenvalue weighted by Gasteiger charge is 2.99. The standard InChI is InChI=1S/C16HF29O4/c17-1(48-15(42,43)4(19,20)3(46)47)2(18)49-16(44,45)13(37,38)11(33,34)9(29,30)7(25,26)5(21,22)6(23,24)8(27,28)10(31,32)12(35,36)14(39,40)41/h(H,46,47)/b2-1+. The smallest absolute Gasteiger partial charge is 0.477 e. The van der Waals surface area contributed by atoms with E-state index in [1.165, 1.54) is 4.74 Å². The summed E-state index contributed by atoms with van der Waals surface area (Å²) in [4.78, 5) is 9.92. The molecule has 0 aromatic heterocycles. The molecule has 0 heterocycles. The first-order valence-corrected chi connectivity index (χ1v) is 9.97. The summed E-state index contributed by atoms with van der Waals surface area (Å²) < 4.78 is 385. The second-order valence-corrected chi connectivity index (χ2v) is 8.33. The van der Waals surface area contributed by atoms with Crippen molar-refractivity contribution in [3.05, 3.63) is 12.0 Å². The van der Waals surface area contributed by atoms with Gasteiger partial charge in [0, 0.05) is 0 Å². The third-order valence-electron chi connectivity index (χ3n) is 5.10. The van der Waals surface area contributed by atoms with Gasteiger partial charge in [0.15, 0.2) is 0 Å². The zero-order valence-electron chi connectivity index (χ0n) is 20.6. The third kappa shape index (κ3) is 6.11. The summed E-state index contributed by atoms with van der Waals surface area (Å²) in [6.07, 6.45) is -23.8. The van der Waals surface area contributed by atoms with Gasteiger partial charge < -0.3 is 14.6 Å². The fourth-order valence-electron chi connectivity index (χ4n) is 2.30. The highest BCUT2D eigenvalue weighted by atomic mass is 19.4. The largest absolute Gasteiger partial charge is 0.478 e. The molecule has 0 unspecified atom stereocenters. The maximum atomic E-state index is 13.7. The Bertz CT molecular complexity index is 1270. The van der Waals surface area contributed by atoms with Gasteiger partial charge in [-0.2, -0.15) is 127 Å². The van der Waals surface area contributed by atoms with E-state index in [9.17, 15) is 132 Å². The predicted octanol–water partition coefficient (Wildman–Crippen LogP) is 9.27. The van der Waals surface area contributed by atoms with Crippen LogP contribution >= 0.6 is 0 Å². The van der Waals surface area contributed by atoms with Crippen LogP contribution < -0.4 is 0 Å². The molecule has 0 aromatic carbocycles. The summed E-state index contributed by atoms with van der Waals surface area (Å²) in [6.45, 7) is 0. The molecule has 0 aromatic rings. The maximum absolute atomic E-state index is 13.7. The molecule has 1 N–H and O–H groups in total. The molecule has 4 nitrogen and oxygen atoms in total. The van der Waals surface area contributed by atoms with E-state index in [4.69, 9.17) is 5.11 Å². The highest BCUT2D eigenvalue weighted by molar-refractivity contribution is 5.76. The van der Waals surface area contributed by atoms with Crippen molar-refractivity contribution >= 4 is 5.97 Å². The Hall–Kier alpha value is -3.22. The molecule has 0 aliphatic heterocycles. The molecule has 0 amide bonds. The third-order valence-corrected chi connectivity index (χ3v) is 5.10. The molecule has 33 heteroatoms. The number of ether oxygens (including phenoxy) is 2. The molecule has 0 atom stereocenters. The van der Waals surface area contributed by atoms with Gasteiger partial charge in [0.05, 0.1) is 0 Å². The summed E-state index contributed by atoms with van der Waals surface area (Å²) >= 11 is 0. The van der Waals surface area contributed by atoms with E-state index in [1.807, 2.05) is 0 Å². The first-order valence-electron chi connectivity index (χ1n) is 9.97. The van der Waals surface area contributed by atoms with Crippen molar-refractivity contribution in [1.82, 2.24) is 0 Å². The number of hydrogen-bond donors (Lipinski definition) is 1. The van der Waals surface area contributed by atoms with Crippen LogP contribution in [0.15, 0.2) is 12.0 Å². The van der Waals surface area contributed by atoms with Gasteiger partial charge >= 0.3 is 95.6 Å². The molecular weight excluding hydrogens is 807 g/mol. The molecule has 0 fully saturated rings. The van der Waals surface area contributed by atoms with E-state index in [0.29, 0.717) is 0 Å². The SMILES string of the molecule is O=C(O)C(F)(F)C(F)(F)O/C(F)=C(\F)OC(F)(F)C(F)(F)C(F)(F)C(F)(F)C(F)(F)C(F)(F)C(F)(F)C(F)(F)C(F)(F)C(F)(F)C(F)(F)F. The Balaban J connectivity index is 7.16. The minimum Gasteiger partial charge on any atom is -0.477 e. The number of alkyl halides is 27. The summed E-state index contributed by atoms with van der Waals surface area (Å²) in [6, 6.07) is -9.62. The first kappa shape index (κ1) is 45.8. The van der Waals surface area contributed by atoms with E-state index < -0.39 is 95.6 Å². The van der Waals surface area contributed by atoms with Crippen molar-refractivity contribution in [2.75, 3.05) is 0 Å². The lowest BCUT2D eigenvalue weighted by molar-refractivity contribution is -0.486. The minimum atomic E-state index is -9.80. The number of rotatable bonds is 15. The Morgan fingerprint density at radius 3 is 0.776 bits per heavy atom. The van der Waals surface area contributed by atoms with E-state index in [2.05, 4.69) is 0 Å². The lowest BCUT2D eigenvalue weighted by Gasteiger charge is -2.44. The average molecular weight is 808 g/mol. The number of halogens is 29. The van der Waals surface area contributed by atoms with E-state index >= 15 is 0 Å². The topological polar surface area (TPSA) is 55.8 Å². The number of aliphatic carboxylic acids is 1. The van der Waals surface area contributed by atoms with Crippen LogP contribution in [0.2, 0.25) is 0 Å². The zero-order valence-corrected chi connectivity index (χ0v) is 20.6. The molecule has 49 heavy (non-hydrogen) atoms. The zero-order chi connectivity index (χ0) is 40.6. The van der Waals surface area contributed by atoms with Crippen LogP contribution in [-0.4, -0.2) is 88.7 Å². The molecule has 0 spiro atoms. The van der Waals surface area contributed by atoms with E-state index in [1.54, 1.807) is 4.74 Å². The van der Waals surface area contributed by atoms with Crippen LogP contribution in [-0.2, 0) is 14.3 Å². The van der Waals surface area contributed by atoms with Crippen molar-refractivity contribution in [2.24, 2.45) is 0 Å². The Kier molecular flexibility index (Phi) is 10.9. The quantitative estimate of drug-likeness (QED) is 0.133. The van der Waals surface area contributed by atoms with Crippen molar-refractivity contribution in [2.45, 2.75) is 77.6 Å². The van der Waals surface area contributed by atoms with Gasteiger partial charge in [-0.3, -0.25) is 0 Å². The Labute approximate surface area is 244 Å². The van der Waals surface area contributed by atoms with E-state index in [0.717, 1.165) is 0 Å². The normalized spacial score (nSPS) is 16.8. The summed E-state index contributed by atoms with van der Waals surface area (Å²) in [5.74, 6) is -96.0. The van der Waals surface area contributed by atoms with Gasteiger partial charge in [-0.25, -0.2) is 4.79 Å². The fraction of sp³-hybridized carbons (Fsp3) is 0.812. The Morgan fingerprint density at radius 2 is 0.551 bits per heavy atom. The van der Waals surface area contributed by atoms with Crippen LogP contribution in [0.4, 0.5) is 127 Å². The molecule has 0 rings (SSSR count).